The summed E-state index contributed by atoms with van der Waals surface area (Å²) in [6.45, 7) is 5.44. The molecule has 3 rings (SSSR count). The number of halogens is 2. The zero-order valence-electron chi connectivity index (χ0n) is 19.8. The van der Waals surface area contributed by atoms with Crippen molar-refractivity contribution in [3.8, 4) is 17.2 Å². The van der Waals surface area contributed by atoms with Crippen LogP contribution in [0.2, 0.25) is 0 Å². The molecule has 0 bridgehead atoms. The van der Waals surface area contributed by atoms with Crippen molar-refractivity contribution in [2.75, 3.05) is 19.5 Å². The lowest BCUT2D eigenvalue weighted by Gasteiger charge is -2.15. The molecule has 2 amide bonds. The van der Waals surface area contributed by atoms with Crippen LogP contribution in [0.4, 0.5) is 14.5 Å². The average molecular weight is 488 g/mol. The van der Waals surface area contributed by atoms with Crippen molar-refractivity contribution in [3.63, 3.8) is 0 Å². The van der Waals surface area contributed by atoms with Crippen molar-refractivity contribution < 1.29 is 27.8 Å². The van der Waals surface area contributed by atoms with E-state index >= 15 is 4.39 Å². The van der Waals surface area contributed by atoms with Gasteiger partial charge in [-0.3, -0.25) is 9.59 Å². The first-order valence-electron chi connectivity index (χ1n) is 10.8. The molecular weight excluding hydrogens is 460 g/mol. The number of primary amides is 1. The largest absolute Gasteiger partial charge is 0.496 e. The zero-order valence-corrected chi connectivity index (χ0v) is 19.8. The Balaban J connectivity index is 2.00. The Morgan fingerprint density at radius 3 is 2.49 bits per heavy atom. The van der Waals surface area contributed by atoms with E-state index in [9.17, 15) is 14.0 Å². The molecule has 0 unspecified atom stereocenters. The molecule has 186 valence electrons. The molecule has 1 aromatic heterocycles. The predicted molar refractivity (Wildman–Crippen MR) is 126 cm³/mol. The number of rotatable bonds is 9. The van der Waals surface area contributed by atoms with Crippen LogP contribution in [0.1, 0.15) is 58.8 Å². The number of ether oxygens (including phenoxy) is 2. The van der Waals surface area contributed by atoms with Gasteiger partial charge in [0.25, 0.3) is 11.8 Å². The van der Waals surface area contributed by atoms with E-state index in [4.69, 9.17) is 20.9 Å². The molecule has 0 aliphatic carbocycles. The van der Waals surface area contributed by atoms with Gasteiger partial charge in [-0.2, -0.15) is 5.10 Å². The van der Waals surface area contributed by atoms with Crippen LogP contribution in [0.3, 0.4) is 0 Å². The van der Waals surface area contributed by atoms with Gasteiger partial charge in [-0.15, -0.1) is 0 Å². The van der Waals surface area contributed by atoms with Gasteiger partial charge in [-0.25, -0.2) is 13.5 Å². The number of amides is 2. The normalized spacial score (nSPS) is 10.9. The van der Waals surface area contributed by atoms with E-state index in [1.165, 1.54) is 31.4 Å². The van der Waals surface area contributed by atoms with E-state index in [0.29, 0.717) is 11.3 Å². The first-order chi connectivity index (χ1) is 16.6. The highest BCUT2D eigenvalue weighted by atomic mass is 19.1. The van der Waals surface area contributed by atoms with Crippen molar-refractivity contribution in [1.82, 2.24) is 15.1 Å². The SMILES string of the molecule is CCOc1cc(CNC(=O)c2cc(F)ccc2OC)cc(F)c1-n1nc(C(C)C)c(N)c1C(N)=O. The van der Waals surface area contributed by atoms with Gasteiger partial charge in [0, 0.05) is 6.54 Å². The number of anilines is 1. The standard InChI is InChI=1S/C24H27F2N5O4/c1-5-35-18-9-13(11-29-24(33)15-10-14(25)6-7-17(15)34-4)8-16(26)21(18)31-22(23(28)32)19(27)20(30-31)12(2)3/h6-10,12H,5,11,27H2,1-4H3,(H2,28,32)(H,29,33). The van der Waals surface area contributed by atoms with Crippen molar-refractivity contribution in [1.29, 1.82) is 0 Å². The molecule has 0 aliphatic heterocycles. The number of hydrogen-bond donors (Lipinski definition) is 3. The average Bonchev–Trinajstić information content (AvgIpc) is 3.14. The monoisotopic (exact) mass is 487 g/mol. The summed E-state index contributed by atoms with van der Waals surface area (Å²) in [5.41, 5.74) is 12.1. The molecule has 11 heteroatoms. The van der Waals surface area contributed by atoms with E-state index in [0.717, 1.165) is 10.7 Å². The molecule has 1 heterocycles. The number of nitrogen functional groups attached to an aromatic ring is 1. The number of methoxy groups -OCH3 is 1. The van der Waals surface area contributed by atoms with Crippen molar-refractivity contribution in [2.45, 2.75) is 33.2 Å². The number of nitrogens with one attached hydrogen (secondary N) is 1. The Morgan fingerprint density at radius 1 is 1.17 bits per heavy atom. The quantitative estimate of drug-likeness (QED) is 0.424. The van der Waals surface area contributed by atoms with Gasteiger partial charge in [0.15, 0.2) is 11.5 Å². The van der Waals surface area contributed by atoms with Crippen molar-refractivity contribution in [3.05, 3.63) is 64.5 Å². The van der Waals surface area contributed by atoms with Crippen LogP contribution in [0.25, 0.3) is 5.69 Å². The smallest absolute Gasteiger partial charge is 0.269 e. The molecule has 0 fully saturated rings. The van der Waals surface area contributed by atoms with Gasteiger partial charge in [-0.1, -0.05) is 13.8 Å². The van der Waals surface area contributed by atoms with Gasteiger partial charge < -0.3 is 26.3 Å². The summed E-state index contributed by atoms with van der Waals surface area (Å²) in [5.74, 6) is -2.75. The zero-order chi connectivity index (χ0) is 25.9. The van der Waals surface area contributed by atoms with Gasteiger partial charge in [0.2, 0.25) is 0 Å². The number of nitrogens with zero attached hydrogens (tertiary/aromatic N) is 2. The Kier molecular flexibility index (Phi) is 7.58. The van der Waals surface area contributed by atoms with E-state index in [-0.39, 0.29) is 53.2 Å². The summed E-state index contributed by atoms with van der Waals surface area (Å²) in [7, 11) is 1.36. The van der Waals surface area contributed by atoms with E-state index in [1.54, 1.807) is 6.92 Å². The third-order valence-corrected chi connectivity index (χ3v) is 5.19. The number of nitrogens with two attached hydrogens (primary N) is 2. The van der Waals surface area contributed by atoms with Crippen LogP contribution in [0.5, 0.6) is 11.5 Å². The van der Waals surface area contributed by atoms with E-state index < -0.39 is 23.4 Å². The summed E-state index contributed by atoms with van der Waals surface area (Å²) in [4.78, 5) is 24.7. The molecule has 0 saturated heterocycles. The molecular formula is C24H27F2N5O4. The van der Waals surface area contributed by atoms with Crippen LogP contribution >= 0.6 is 0 Å². The Labute approximate surface area is 201 Å². The van der Waals surface area contributed by atoms with Gasteiger partial charge in [0.1, 0.15) is 23.0 Å². The second-order valence-electron chi connectivity index (χ2n) is 7.96. The summed E-state index contributed by atoms with van der Waals surface area (Å²) < 4.78 is 40.8. The molecule has 0 aliphatic rings. The first-order valence-corrected chi connectivity index (χ1v) is 10.8. The lowest BCUT2D eigenvalue weighted by Crippen LogP contribution is -2.24. The summed E-state index contributed by atoms with van der Waals surface area (Å²) in [6, 6.07) is 6.22. The molecule has 3 aromatic rings. The van der Waals surface area contributed by atoms with Crippen LogP contribution < -0.4 is 26.3 Å². The molecule has 0 atom stereocenters. The minimum absolute atomic E-state index is 0.00560. The van der Waals surface area contributed by atoms with E-state index in [1.807, 2.05) is 13.8 Å². The van der Waals surface area contributed by atoms with Crippen LogP contribution in [-0.2, 0) is 6.54 Å². The van der Waals surface area contributed by atoms with Gasteiger partial charge in [-0.05, 0) is 48.7 Å². The Hall–Kier alpha value is -4.15. The highest BCUT2D eigenvalue weighted by molar-refractivity contribution is 5.98. The second kappa shape index (κ2) is 10.4. The molecule has 0 saturated carbocycles. The van der Waals surface area contributed by atoms with Gasteiger partial charge in [0.05, 0.1) is 30.7 Å². The number of benzene rings is 2. The van der Waals surface area contributed by atoms with Crippen LogP contribution in [0, 0.1) is 11.6 Å². The lowest BCUT2D eigenvalue weighted by atomic mass is 10.1. The Bertz CT molecular complexity index is 1270. The molecule has 35 heavy (non-hydrogen) atoms. The number of carbonyl (C=O) groups is 2. The fourth-order valence-corrected chi connectivity index (χ4v) is 3.61. The summed E-state index contributed by atoms with van der Waals surface area (Å²) in [6.07, 6.45) is 0. The molecule has 2 aromatic carbocycles. The Morgan fingerprint density at radius 2 is 1.89 bits per heavy atom. The van der Waals surface area contributed by atoms with E-state index in [2.05, 4.69) is 10.4 Å². The number of carbonyl (C=O) groups excluding carboxylic acids is 2. The highest BCUT2D eigenvalue weighted by Gasteiger charge is 2.27. The summed E-state index contributed by atoms with van der Waals surface area (Å²) in [5, 5.41) is 6.93. The third-order valence-electron chi connectivity index (χ3n) is 5.19. The maximum Gasteiger partial charge on any atom is 0.269 e. The third kappa shape index (κ3) is 5.18. The first kappa shape index (κ1) is 25.5. The van der Waals surface area contributed by atoms with Crippen LogP contribution in [0.15, 0.2) is 30.3 Å². The number of hydrogen-bond acceptors (Lipinski definition) is 6. The number of aromatic nitrogens is 2. The minimum Gasteiger partial charge on any atom is -0.496 e. The van der Waals surface area contributed by atoms with Crippen molar-refractivity contribution >= 4 is 17.5 Å². The molecule has 9 nitrogen and oxygen atoms in total. The fraction of sp³-hybridized carbons (Fsp3) is 0.292. The molecule has 0 radical (unpaired) electrons. The molecule has 0 spiro atoms. The minimum atomic E-state index is -0.871. The van der Waals surface area contributed by atoms with Gasteiger partial charge >= 0.3 is 0 Å². The van der Waals surface area contributed by atoms with Crippen molar-refractivity contribution in [2.24, 2.45) is 5.73 Å². The highest BCUT2D eigenvalue weighted by Crippen LogP contribution is 2.33. The fourth-order valence-electron chi connectivity index (χ4n) is 3.61. The summed E-state index contributed by atoms with van der Waals surface area (Å²) >= 11 is 0. The molecule has 5 N–H and O–H groups in total. The maximum absolute atomic E-state index is 15.4. The topological polar surface area (TPSA) is 134 Å². The maximum atomic E-state index is 15.4. The van der Waals surface area contributed by atoms with Crippen LogP contribution in [-0.4, -0.2) is 35.3 Å². The second-order valence-corrected chi connectivity index (χ2v) is 7.96. The lowest BCUT2D eigenvalue weighted by molar-refractivity contribution is 0.0945. The predicted octanol–water partition coefficient (Wildman–Crippen LogP) is 3.29.